The predicted molar refractivity (Wildman–Crippen MR) is 106 cm³/mol. The fourth-order valence-corrected chi connectivity index (χ4v) is 3.44. The van der Waals surface area contributed by atoms with E-state index in [9.17, 15) is 19.7 Å². The molecule has 0 bridgehead atoms. The largest absolute Gasteiger partial charge is 0.487 e. The van der Waals surface area contributed by atoms with Gasteiger partial charge in [-0.1, -0.05) is 18.2 Å². The van der Waals surface area contributed by atoms with E-state index >= 15 is 0 Å². The highest BCUT2D eigenvalue weighted by molar-refractivity contribution is 6.01. The summed E-state index contributed by atoms with van der Waals surface area (Å²) in [6.45, 7) is 5.39. The Morgan fingerprint density at radius 3 is 2.69 bits per heavy atom. The minimum Gasteiger partial charge on any atom is -0.487 e. The second kappa shape index (κ2) is 8.30. The number of ether oxygens (including phenoxy) is 2. The van der Waals surface area contributed by atoms with Crippen LogP contribution in [0.5, 0.6) is 5.75 Å². The topological polar surface area (TPSA) is 99.0 Å². The van der Waals surface area contributed by atoms with E-state index in [1.54, 1.807) is 11.8 Å². The molecule has 3 rings (SSSR count). The van der Waals surface area contributed by atoms with Crippen molar-refractivity contribution in [3.8, 4) is 5.75 Å². The lowest BCUT2D eigenvalue weighted by Gasteiger charge is -2.25. The molecule has 0 saturated carbocycles. The molecule has 0 fully saturated rings. The molecule has 0 aliphatic carbocycles. The van der Waals surface area contributed by atoms with Crippen molar-refractivity contribution in [2.24, 2.45) is 0 Å². The molecular weight excluding hydrogens is 376 g/mol. The molecule has 1 amide bonds. The maximum atomic E-state index is 12.9. The van der Waals surface area contributed by atoms with Crippen molar-refractivity contribution in [1.82, 2.24) is 0 Å². The van der Waals surface area contributed by atoms with Crippen LogP contribution >= 0.6 is 0 Å². The van der Waals surface area contributed by atoms with Crippen LogP contribution in [-0.4, -0.2) is 35.6 Å². The van der Waals surface area contributed by atoms with E-state index in [-0.39, 0.29) is 35.6 Å². The SMILES string of the molecule is CCOc1ccc(C(=O)O[C@@H](C)C(=O)N2c3ccccc3C[C@@H]2C)cc1[N+](=O)[O-]. The number of para-hydroxylation sites is 1. The summed E-state index contributed by atoms with van der Waals surface area (Å²) in [6.07, 6.45) is -0.310. The van der Waals surface area contributed by atoms with Gasteiger partial charge in [0.25, 0.3) is 5.91 Å². The van der Waals surface area contributed by atoms with E-state index in [0.29, 0.717) is 0 Å². The van der Waals surface area contributed by atoms with Gasteiger partial charge in [0, 0.05) is 17.8 Å². The van der Waals surface area contributed by atoms with Gasteiger partial charge in [0.2, 0.25) is 0 Å². The third kappa shape index (κ3) is 4.06. The zero-order valence-electron chi connectivity index (χ0n) is 16.5. The number of nitro groups is 1. The molecule has 29 heavy (non-hydrogen) atoms. The number of nitro benzene ring substituents is 1. The average molecular weight is 398 g/mol. The zero-order chi connectivity index (χ0) is 21.1. The van der Waals surface area contributed by atoms with Gasteiger partial charge in [-0.2, -0.15) is 0 Å². The summed E-state index contributed by atoms with van der Waals surface area (Å²) in [5.74, 6) is -1.07. The summed E-state index contributed by atoms with van der Waals surface area (Å²) >= 11 is 0. The number of rotatable bonds is 6. The lowest BCUT2D eigenvalue weighted by Crippen LogP contribution is -2.43. The molecule has 152 valence electrons. The number of benzene rings is 2. The van der Waals surface area contributed by atoms with Gasteiger partial charge in [0.05, 0.1) is 17.1 Å². The van der Waals surface area contributed by atoms with E-state index < -0.39 is 17.0 Å². The summed E-state index contributed by atoms with van der Waals surface area (Å²) in [4.78, 5) is 37.7. The highest BCUT2D eigenvalue weighted by Gasteiger charge is 2.34. The van der Waals surface area contributed by atoms with Crippen LogP contribution in [0.4, 0.5) is 11.4 Å². The third-order valence-electron chi connectivity index (χ3n) is 4.77. The molecule has 0 unspecified atom stereocenters. The molecule has 1 aliphatic rings. The van der Waals surface area contributed by atoms with Crippen LogP contribution in [0.3, 0.4) is 0 Å². The molecule has 8 nitrogen and oxygen atoms in total. The molecule has 0 saturated heterocycles. The van der Waals surface area contributed by atoms with Crippen LogP contribution < -0.4 is 9.64 Å². The lowest BCUT2D eigenvalue weighted by molar-refractivity contribution is -0.385. The number of carbonyl (C=O) groups excluding carboxylic acids is 2. The van der Waals surface area contributed by atoms with Gasteiger partial charge in [-0.15, -0.1) is 0 Å². The quantitative estimate of drug-likeness (QED) is 0.419. The number of hydrogen-bond acceptors (Lipinski definition) is 6. The molecule has 2 aromatic carbocycles. The first-order chi connectivity index (χ1) is 13.8. The van der Waals surface area contributed by atoms with Crippen molar-refractivity contribution in [1.29, 1.82) is 0 Å². The summed E-state index contributed by atoms with van der Waals surface area (Å²) in [7, 11) is 0. The molecule has 0 spiro atoms. The molecule has 2 atom stereocenters. The number of fused-ring (bicyclic) bond motifs is 1. The van der Waals surface area contributed by atoms with E-state index in [0.717, 1.165) is 23.7 Å². The number of anilines is 1. The maximum Gasteiger partial charge on any atom is 0.339 e. The molecule has 2 aromatic rings. The second-order valence-corrected chi connectivity index (χ2v) is 6.81. The van der Waals surface area contributed by atoms with Crippen LogP contribution in [-0.2, 0) is 16.0 Å². The number of carbonyl (C=O) groups is 2. The summed E-state index contributed by atoms with van der Waals surface area (Å²) in [5.41, 5.74) is 1.52. The normalized spacial score (nSPS) is 16.1. The zero-order valence-corrected chi connectivity index (χ0v) is 16.5. The Labute approximate surface area is 168 Å². The number of amides is 1. The van der Waals surface area contributed by atoms with Crippen molar-refractivity contribution < 1.29 is 24.0 Å². The van der Waals surface area contributed by atoms with Gasteiger partial charge >= 0.3 is 11.7 Å². The van der Waals surface area contributed by atoms with E-state index in [1.807, 2.05) is 31.2 Å². The van der Waals surface area contributed by atoms with Gasteiger partial charge < -0.3 is 14.4 Å². The molecule has 0 radical (unpaired) electrons. The highest BCUT2D eigenvalue weighted by Crippen LogP contribution is 2.33. The monoisotopic (exact) mass is 398 g/mol. The van der Waals surface area contributed by atoms with Crippen molar-refractivity contribution in [3.63, 3.8) is 0 Å². The van der Waals surface area contributed by atoms with Crippen molar-refractivity contribution in [2.45, 2.75) is 39.3 Å². The van der Waals surface area contributed by atoms with Gasteiger partial charge in [-0.05, 0) is 51.0 Å². The second-order valence-electron chi connectivity index (χ2n) is 6.81. The molecule has 8 heteroatoms. The van der Waals surface area contributed by atoms with Crippen LogP contribution in [0.15, 0.2) is 42.5 Å². The van der Waals surface area contributed by atoms with Gasteiger partial charge in [-0.25, -0.2) is 4.79 Å². The minimum absolute atomic E-state index is 0.0188. The van der Waals surface area contributed by atoms with Gasteiger partial charge in [0.15, 0.2) is 11.9 Å². The lowest BCUT2D eigenvalue weighted by atomic mass is 10.1. The molecule has 0 aromatic heterocycles. The fraction of sp³-hybridized carbons (Fsp3) is 0.333. The first-order valence-corrected chi connectivity index (χ1v) is 9.36. The van der Waals surface area contributed by atoms with Crippen LogP contribution in [0.2, 0.25) is 0 Å². The Kier molecular flexibility index (Phi) is 5.81. The first-order valence-electron chi connectivity index (χ1n) is 9.36. The first kappa shape index (κ1) is 20.3. The van der Waals surface area contributed by atoms with Gasteiger partial charge in [-0.3, -0.25) is 14.9 Å². The Morgan fingerprint density at radius 1 is 1.28 bits per heavy atom. The van der Waals surface area contributed by atoms with Crippen molar-refractivity contribution in [2.75, 3.05) is 11.5 Å². The predicted octanol–water partition coefficient (Wildman–Crippen LogP) is 3.52. The number of hydrogen-bond donors (Lipinski definition) is 0. The van der Waals surface area contributed by atoms with Crippen LogP contribution in [0.25, 0.3) is 0 Å². The Morgan fingerprint density at radius 2 is 2.00 bits per heavy atom. The molecule has 1 heterocycles. The molecule has 0 N–H and O–H groups in total. The third-order valence-corrected chi connectivity index (χ3v) is 4.77. The van der Waals surface area contributed by atoms with E-state index in [2.05, 4.69) is 0 Å². The standard InChI is InChI=1S/C21H22N2O6/c1-4-28-19-10-9-16(12-18(19)23(26)27)21(25)29-14(3)20(24)22-13(2)11-15-7-5-6-8-17(15)22/h5-10,12-14H,4,11H2,1-3H3/t13-,14-/m0/s1. The molecular formula is C21H22N2O6. The highest BCUT2D eigenvalue weighted by atomic mass is 16.6. The smallest absolute Gasteiger partial charge is 0.339 e. The maximum absolute atomic E-state index is 12.9. The number of nitrogens with zero attached hydrogens (tertiary/aromatic N) is 2. The Hall–Kier alpha value is -3.42. The van der Waals surface area contributed by atoms with Crippen LogP contribution in [0.1, 0.15) is 36.7 Å². The minimum atomic E-state index is -1.04. The Bertz CT molecular complexity index is 958. The fourth-order valence-electron chi connectivity index (χ4n) is 3.44. The molecule has 1 aliphatic heterocycles. The van der Waals surface area contributed by atoms with Crippen molar-refractivity contribution >= 4 is 23.3 Å². The number of esters is 1. The van der Waals surface area contributed by atoms with E-state index in [4.69, 9.17) is 9.47 Å². The average Bonchev–Trinajstić information content (AvgIpc) is 3.03. The summed E-state index contributed by atoms with van der Waals surface area (Å²) < 4.78 is 10.5. The Balaban J connectivity index is 1.76. The van der Waals surface area contributed by atoms with Crippen molar-refractivity contribution in [3.05, 3.63) is 63.7 Å². The summed E-state index contributed by atoms with van der Waals surface area (Å²) in [5, 5.41) is 11.2. The van der Waals surface area contributed by atoms with E-state index in [1.165, 1.54) is 19.1 Å². The summed E-state index contributed by atoms with van der Waals surface area (Å²) in [6, 6.07) is 11.4. The van der Waals surface area contributed by atoms with Gasteiger partial charge in [0.1, 0.15) is 0 Å². The van der Waals surface area contributed by atoms with Crippen LogP contribution in [0, 0.1) is 10.1 Å².